The lowest BCUT2D eigenvalue weighted by atomic mass is 10.0. The number of carbonyl (C=O) groups is 1. The number of hydrogen-bond donors (Lipinski definition) is 2. The summed E-state index contributed by atoms with van der Waals surface area (Å²) >= 11 is 0. The lowest BCUT2D eigenvalue weighted by Gasteiger charge is -2.44. The SMILES string of the molecule is Cc1cn([C@H]2C[C@H]([C@H](CO[Si](c3ccccc3)(c3ccccc3)C(C)(C)C)NC(=O)OC(C)(C)C)N(Cc3ccccc3)O2)c(=O)[nH]c1=O. The van der Waals surface area contributed by atoms with E-state index in [0.29, 0.717) is 18.5 Å². The van der Waals surface area contributed by atoms with Crippen molar-refractivity contribution in [2.45, 2.75) is 90.4 Å². The Balaban J connectivity index is 1.59. The summed E-state index contributed by atoms with van der Waals surface area (Å²) in [7, 11) is -3.01. The molecular weight excluding hydrogens is 637 g/mol. The Bertz CT molecular complexity index is 1780. The number of aromatic nitrogens is 2. The van der Waals surface area contributed by atoms with Crippen LogP contribution < -0.4 is 26.9 Å². The zero-order valence-electron chi connectivity index (χ0n) is 29.4. The lowest BCUT2D eigenvalue weighted by molar-refractivity contribution is -0.194. The number of benzene rings is 3. The molecule has 4 aromatic rings. The van der Waals surface area contributed by atoms with Crippen molar-refractivity contribution >= 4 is 24.8 Å². The lowest BCUT2D eigenvalue weighted by Crippen LogP contribution is -2.68. The van der Waals surface area contributed by atoms with Gasteiger partial charge in [0.2, 0.25) is 0 Å². The molecule has 1 amide bonds. The quantitative estimate of drug-likeness (QED) is 0.226. The van der Waals surface area contributed by atoms with Crippen molar-refractivity contribution in [3.8, 4) is 0 Å². The van der Waals surface area contributed by atoms with E-state index in [2.05, 4.69) is 55.3 Å². The van der Waals surface area contributed by atoms with Gasteiger partial charge in [-0.25, -0.2) is 9.59 Å². The molecule has 0 aliphatic carbocycles. The summed E-state index contributed by atoms with van der Waals surface area (Å²) < 4.78 is 14.5. The third-order valence-corrected chi connectivity index (χ3v) is 13.8. The first-order chi connectivity index (χ1) is 23.2. The first-order valence-corrected chi connectivity index (χ1v) is 18.6. The van der Waals surface area contributed by atoms with Gasteiger partial charge in [0.15, 0.2) is 6.23 Å². The summed E-state index contributed by atoms with van der Waals surface area (Å²) in [6.45, 7) is 14.2. The maximum absolute atomic E-state index is 13.5. The molecule has 1 aliphatic rings. The van der Waals surface area contributed by atoms with E-state index in [1.54, 1.807) is 6.92 Å². The second kappa shape index (κ2) is 14.7. The van der Waals surface area contributed by atoms with Crippen LogP contribution in [0.4, 0.5) is 4.79 Å². The number of H-pyrrole nitrogens is 1. The predicted molar refractivity (Wildman–Crippen MR) is 193 cm³/mol. The van der Waals surface area contributed by atoms with E-state index < -0.39 is 49.6 Å². The fourth-order valence-electron chi connectivity index (χ4n) is 6.53. The number of aryl methyl sites for hydroxylation is 1. The Hall–Kier alpha value is -4.29. The van der Waals surface area contributed by atoms with Gasteiger partial charge in [-0.1, -0.05) is 112 Å². The van der Waals surface area contributed by atoms with Crippen LogP contribution in [-0.4, -0.2) is 53.3 Å². The molecule has 3 atom stereocenters. The van der Waals surface area contributed by atoms with E-state index in [9.17, 15) is 14.4 Å². The molecule has 260 valence electrons. The van der Waals surface area contributed by atoms with Crippen molar-refractivity contribution in [3.05, 3.63) is 129 Å². The molecule has 0 bridgehead atoms. The minimum absolute atomic E-state index is 0.137. The number of aromatic amines is 1. The summed E-state index contributed by atoms with van der Waals surface area (Å²) in [5, 5.41) is 6.87. The summed E-state index contributed by atoms with van der Waals surface area (Å²) in [6.07, 6.45) is 0.517. The number of amides is 1. The van der Waals surface area contributed by atoms with Crippen LogP contribution in [-0.2, 0) is 20.5 Å². The van der Waals surface area contributed by atoms with Crippen LogP contribution >= 0.6 is 0 Å². The third-order valence-electron chi connectivity index (χ3n) is 8.77. The van der Waals surface area contributed by atoms with Crippen LogP contribution in [0, 0.1) is 6.92 Å². The molecular formula is C38H48N4O6Si. The summed E-state index contributed by atoms with van der Waals surface area (Å²) in [5.41, 5.74) is -0.366. The van der Waals surface area contributed by atoms with E-state index in [1.807, 2.05) is 92.6 Å². The van der Waals surface area contributed by atoms with Gasteiger partial charge in [0.25, 0.3) is 13.9 Å². The highest BCUT2D eigenvalue weighted by Gasteiger charge is 2.51. The van der Waals surface area contributed by atoms with Gasteiger partial charge < -0.3 is 14.5 Å². The molecule has 1 saturated heterocycles. The second-order valence-corrected chi connectivity index (χ2v) is 18.9. The van der Waals surface area contributed by atoms with Crippen LogP contribution in [0.25, 0.3) is 0 Å². The molecule has 0 radical (unpaired) electrons. The monoisotopic (exact) mass is 684 g/mol. The molecule has 49 heavy (non-hydrogen) atoms. The Morgan fingerprint density at radius 3 is 2.00 bits per heavy atom. The molecule has 1 aliphatic heterocycles. The van der Waals surface area contributed by atoms with Crippen molar-refractivity contribution in [2.75, 3.05) is 6.61 Å². The fourth-order valence-corrected chi connectivity index (χ4v) is 11.1. The Kier molecular flexibility index (Phi) is 10.8. The molecule has 1 fully saturated rings. The molecule has 0 unspecified atom stereocenters. The number of nitrogens with zero attached hydrogens (tertiary/aromatic N) is 2. The van der Waals surface area contributed by atoms with Crippen molar-refractivity contribution in [1.29, 1.82) is 0 Å². The highest BCUT2D eigenvalue weighted by Crippen LogP contribution is 2.38. The van der Waals surface area contributed by atoms with Gasteiger partial charge in [0.1, 0.15) is 5.60 Å². The topological polar surface area (TPSA) is 115 Å². The van der Waals surface area contributed by atoms with Gasteiger partial charge in [0, 0.05) is 24.7 Å². The van der Waals surface area contributed by atoms with E-state index in [0.717, 1.165) is 15.9 Å². The van der Waals surface area contributed by atoms with Gasteiger partial charge >= 0.3 is 11.8 Å². The molecule has 1 aromatic heterocycles. The van der Waals surface area contributed by atoms with Gasteiger partial charge in [0.05, 0.1) is 18.7 Å². The Labute approximate surface area is 289 Å². The van der Waals surface area contributed by atoms with Crippen LogP contribution in [0.1, 0.15) is 65.3 Å². The zero-order chi connectivity index (χ0) is 35.4. The highest BCUT2D eigenvalue weighted by atomic mass is 28.4. The van der Waals surface area contributed by atoms with Gasteiger partial charge in [-0.3, -0.25) is 19.2 Å². The number of nitrogens with one attached hydrogen (secondary N) is 2. The van der Waals surface area contributed by atoms with Crippen molar-refractivity contribution in [1.82, 2.24) is 19.9 Å². The summed E-state index contributed by atoms with van der Waals surface area (Å²) in [4.78, 5) is 47.7. The van der Waals surface area contributed by atoms with Crippen molar-refractivity contribution in [3.63, 3.8) is 0 Å². The number of rotatable bonds is 10. The maximum atomic E-state index is 13.5. The second-order valence-electron chi connectivity index (χ2n) is 14.6. The minimum atomic E-state index is -3.01. The molecule has 3 aromatic carbocycles. The number of ether oxygens (including phenoxy) is 1. The highest BCUT2D eigenvalue weighted by molar-refractivity contribution is 6.99. The maximum Gasteiger partial charge on any atom is 0.408 e. The molecule has 10 nitrogen and oxygen atoms in total. The smallest absolute Gasteiger partial charge is 0.408 e. The minimum Gasteiger partial charge on any atom is -0.444 e. The number of hydroxylamine groups is 2. The van der Waals surface area contributed by atoms with Gasteiger partial charge in [-0.2, -0.15) is 5.06 Å². The average Bonchev–Trinajstić information content (AvgIpc) is 3.45. The summed E-state index contributed by atoms with van der Waals surface area (Å²) in [6, 6.07) is 29.4. The number of carbonyl (C=O) groups excluding carboxylic acids is 1. The first kappa shape index (κ1) is 36.0. The standard InChI is InChI=1S/C38H48N4O6Si/c1-27-24-41(35(44)40-34(27)43)33-23-32(42(48-33)25-28-17-11-8-12-18-28)31(39-36(45)47-37(2,3)4)26-46-49(38(5,6)7,29-19-13-9-14-20-29)30-21-15-10-16-22-30/h8-22,24,31-33H,23,25-26H2,1-7H3,(H,39,45)(H,40,43,44)/t31-,32+,33+/m0/s1. The zero-order valence-corrected chi connectivity index (χ0v) is 30.4. The molecule has 2 N–H and O–H groups in total. The molecule has 0 saturated carbocycles. The molecule has 0 spiro atoms. The average molecular weight is 685 g/mol. The van der Waals surface area contributed by atoms with Gasteiger partial charge in [-0.15, -0.1) is 0 Å². The van der Waals surface area contributed by atoms with Crippen molar-refractivity contribution < 1.29 is 18.8 Å². The number of alkyl carbamates (subject to hydrolysis) is 1. The largest absolute Gasteiger partial charge is 0.444 e. The van der Waals surface area contributed by atoms with Crippen LogP contribution in [0.5, 0.6) is 0 Å². The normalized spacial score (nSPS) is 17.9. The third kappa shape index (κ3) is 8.30. The molecule has 5 rings (SSSR count). The van der Waals surface area contributed by atoms with Crippen LogP contribution in [0.15, 0.2) is 107 Å². The van der Waals surface area contributed by atoms with Crippen LogP contribution in [0.3, 0.4) is 0 Å². The van der Waals surface area contributed by atoms with E-state index in [-0.39, 0.29) is 11.6 Å². The fraction of sp³-hybridized carbons (Fsp3) is 0.395. The molecule has 2 heterocycles. The molecule has 11 heteroatoms. The Morgan fingerprint density at radius 1 is 0.918 bits per heavy atom. The van der Waals surface area contributed by atoms with Gasteiger partial charge in [-0.05, 0) is 48.7 Å². The number of hydrogen-bond acceptors (Lipinski definition) is 7. The first-order valence-electron chi connectivity index (χ1n) is 16.7. The van der Waals surface area contributed by atoms with E-state index >= 15 is 0 Å². The summed E-state index contributed by atoms with van der Waals surface area (Å²) in [5.74, 6) is 0. The van der Waals surface area contributed by atoms with E-state index in [1.165, 1.54) is 10.8 Å². The van der Waals surface area contributed by atoms with E-state index in [4.69, 9.17) is 14.0 Å². The predicted octanol–water partition coefficient (Wildman–Crippen LogP) is 5.02. The van der Waals surface area contributed by atoms with Crippen molar-refractivity contribution in [2.24, 2.45) is 0 Å². The Morgan fingerprint density at radius 2 is 1.47 bits per heavy atom. The van der Waals surface area contributed by atoms with Crippen LogP contribution in [0.2, 0.25) is 5.04 Å².